The summed E-state index contributed by atoms with van der Waals surface area (Å²) in [5, 5.41) is 17.9. The van der Waals surface area contributed by atoms with Crippen LogP contribution in [0.4, 0.5) is 0 Å². The van der Waals surface area contributed by atoms with Gasteiger partial charge in [0.25, 0.3) is 0 Å². The minimum atomic E-state index is -0.000489. The Bertz CT molecular complexity index is 470. The van der Waals surface area contributed by atoms with Gasteiger partial charge in [0.1, 0.15) is 12.1 Å². The van der Waals surface area contributed by atoms with Crippen LogP contribution in [0.5, 0.6) is 0 Å². The average molecular weight is 310 g/mol. The van der Waals surface area contributed by atoms with Gasteiger partial charge >= 0.3 is 0 Å². The smallest absolute Gasteiger partial charge is 0.102 e. The lowest BCUT2D eigenvalue weighted by Gasteiger charge is -2.20. The zero-order valence-electron chi connectivity index (χ0n) is 8.93. The molecule has 0 radical (unpaired) electrons. The molecule has 0 aliphatic heterocycles. The van der Waals surface area contributed by atoms with E-state index in [-0.39, 0.29) is 5.41 Å². The van der Waals surface area contributed by atoms with Gasteiger partial charge in [-0.3, -0.25) is 0 Å². The van der Waals surface area contributed by atoms with E-state index in [0.717, 1.165) is 9.13 Å². The molecule has 76 valence electrons. The third kappa shape index (κ3) is 2.49. The number of nitrogens with zero attached hydrogens (tertiary/aromatic N) is 2. The number of hydrogen-bond donors (Lipinski definition) is 0. The number of hydrogen-bond acceptors (Lipinski definition) is 2. The zero-order chi connectivity index (χ0) is 11.6. The van der Waals surface area contributed by atoms with Crippen molar-refractivity contribution in [2.24, 2.45) is 0 Å². The highest BCUT2D eigenvalue weighted by molar-refractivity contribution is 14.1. The van der Waals surface area contributed by atoms with E-state index >= 15 is 0 Å². The number of halogens is 1. The van der Waals surface area contributed by atoms with Crippen molar-refractivity contribution in [3.05, 3.63) is 32.4 Å². The van der Waals surface area contributed by atoms with Crippen LogP contribution in [0, 0.1) is 26.2 Å². The molecule has 0 fully saturated rings. The molecule has 0 unspecified atom stereocenters. The Hall–Kier alpha value is -1.07. The van der Waals surface area contributed by atoms with Crippen molar-refractivity contribution in [2.75, 3.05) is 0 Å². The van der Waals surface area contributed by atoms with Crippen LogP contribution >= 0.6 is 22.6 Å². The van der Waals surface area contributed by atoms with Crippen molar-refractivity contribution in [1.82, 2.24) is 0 Å². The molecule has 0 amide bonds. The third-order valence-corrected chi connectivity index (χ3v) is 3.04. The van der Waals surface area contributed by atoms with Crippen LogP contribution in [-0.4, -0.2) is 0 Å². The van der Waals surface area contributed by atoms with E-state index in [0.29, 0.717) is 11.1 Å². The molecular formula is C12H11IN2. The lowest BCUT2D eigenvalue weighted by molar-refractivity contribution is 0.589. The molecule has 1 aromatic carbocycles. The van der Waals surface area contributed by atoms with Gasteiger partial charge in [0.15, 0.2) is 0 Å². The van der Waals surface area contributed by atoms with E-state index in [1.807, 2.05) is 6.07 Å². The van der Waals surface area contributed by atoms with Gasteiger partial charge in [-0.25, -0.2) is 0 Å². The first kappa shape index (κ1) is 12.0. The number of benzene rings is 1. The molecule has 0 saturated heterocycles. The van der Waals surface area contributed by atoms with Crippen LogP contribution in [0.15, 0.2) is 12.1 Å². The largest absolute Gasteiger partial charge is 0.192 e. The monoisotopic (exact) mass is 310 g/mol. The van der Waals surface area contributed by atoms with Gasteiger partial charge in [-0.05, 0) is 45.7 Å². The lowest BCUT2D eigenvalue weighted by atomic mass is 9.85. The summed E-state index contributed by atoms with van der Waals surface area (Å²) < 4.78 is 0.846. The van der Waals surface area contributed by atoms with Gasteiger partial charge in [-0.1, -0.05) is 20.8 Å². The molecule has 0 saturated carbocycles. The Balaban J connectivity index is 3.49. The van der Waals surface area contributed by atoms with E-state index in [4.69, 9.17) is 10.5 Å². The fraction of sp³-hybridized carbons (Fsp3) is 0.333. The normalized spacial score (nSPS) is 10.5. The second kappa shape index (κ2) is 4.20. The van der Waals surface area contributed by atoms with E-state index < -0.39 is 0 Å². The first-order valence-corrected chi connectivity index (χ1v) is 5.62. The highest BCUT2D eigenvalue weighted by Crippen LogP contribution is 2.27. The van der Waals surface area contributed by atoms with Crippen molar-refractivity contribution in [1.29, 1.82) is 10.5 Å². The third-order valence-electron chi connectivity index (χ3n) is 2.19. The minimum Gasteiger partial charge on any atom is -0.192 e. The molecule has 0 aromatic heterocycles. The molecule has 0 heterocycles. The predicted octanol–water partition coefficient (Wildman–Crippen LogP) is 3.33. The highest BCUT2D eigenvalue weighted by atomic mass is 127. The van der Waals surface area contributed by atoms with E-state index in [1.165, 1.54) is 0 Å². The van der Waals surface area contributed by atoms with Crippen molar-refractivity contribution >= 4 is 22.6 Å². The van der Waals surface area contributed by atoms with Crippen LogP contribution in [0.1, 0.15) is 37.5 Å². The van der Waals surface area contributed by atoms with E-state index in [2.05, 4.69) is 55.5 Å². The molecule has 0 atom stereocenters. The molecule has 15 heavy (non-hydrogen) atoms. The van der Waals surface area contributed by atoms with Crippen molar-refractivity contribution in [2.45, 2.75) is 26.2 Å². The second-order valence-electron chi connectivity index (χ2n) is 4.35. The minimum absolute atomic E-state index is 0.000489. The molecular weight excluding hydrogens is 299 g/mol. The summed E-state index contributed by atoms with van der Waals surface area (Å²) in [6, 6.07) is 7.91. The van der Waals surface area contributed by atoms with Gasteiger partial charge in [0, 0.05) is 3.57 Å². The van der Waals surface area contributed by atoms with Gasteiger partial charge in [-0.2, -0.15) is 10.5 Å². The number of rotatable bonds is 0. The van der Waals surface area contributed by atoms with Crippen LogP contribution in [0.2, 0.25) is 0 Å². The molecule has 0 aliphatic rings. The highest BCUT2D eigenvalue weighted by Gasteiger charge is 2.17. The maximum atomic E-state index is 8.96. The summed E-state index contributed by atoms with van der Waals surface area (Å²) in [5.41, 5.74) is 2.03. The fourth-order valence-corrected chi connectivity index (χ4v) is 1.99. The zero-order valence-corrected chi connectivity index (χ0v) is 11.1. The van der Waals surface area contributed by atoms with Crippen LogP contribution in [0.3, 0.4) is 0 Å². The van der Waals surface area contributed by atoms with Crippen molar-refractivity contribution < 1.29 is 0 Å². The van der Waals surface area contributed by atoms with Crippen LogP contribution in [-0.2, 0) is 5.41 Å². The Morgan fingerprint density at radius 2 is 1.73 bits per heavy atom. The molecule has 3 heteroatoms. The molecule has 0 N–H and O–H groups in total. The van der Waals surface area contributed by atoms with Gasteiger partial charge in [0.05, 0.1) is 11.1 Å². The molecule has 0 spiro atoms. The van der Waals surface area contributed by atoms with Crippen molar-refractivity contribution in [3.8, 4) is 12.1 Å². The fourth-order valence-electron chi connectivity index (χ4n) is 1.24. The molecule has 0 bridgehead atoms. The summed E-state index contributed by atoms with van der Waals surface area (Å²) in [7, 11) is 0. The molecule has 2 nitrogen and oxygen atoms in total. The van der Waals surface area contributed by atoms with E-state index in [1.54, 1.807) is 6.07 Å². The lowest BCUT2D eigenvalue weighted by Crippen LogP contribution is -2.12. The number of nitriles is 2. The second-order valence-corrected chi connectivity index (χ2v) is 5.52. The maximum Gasteiger partial charge on any atom is 0.102 e. The van der Waals surface area contributed by atoms with Crippen molar-refractivity contribution in [3.63, 3.8) is 0 Å². The summed E-state index contributed by atoms with van der Waals surface area (Å²) >= 11 is 2.10. The first-order valence-electron chi connectivity index (χ1n) is 4.54. The Morgan fingerprint density at radius 1 is 1.13 bits per heavy atom. The first-order chi connectivity index (χ1) is 6.90. The molecule has 1 aromatic rings. The van der Waals surface area contributed by atoms with E-state index in [9.17, 15) is 0 Å². The molecule has 1 rings (SSSR count). The van der Waals surface area contributed by atoms with Crippen LogP contribution < -0.4 is 0 Å². The summed E-state index contributed by atoms with van der Waals surface area (Å²) in [6.07, 6.45) is 0. The Morgan fingerprint density at radius 3 is 2.13 bits per heavy atom. The van der Waals surface area contributed by atoms with Gasteiger partial charge in [-0.15, -0.1) is 0 Å². The SMILES string of the molecule is CC(C)(C)c1cc(I)c(C#N)c(C#N)c1. The summed E-state index contributed by atoms with van der Waals surface area (Å²) in [4.78, 5) is 0. The maximum absolute atomic E-state index is 8.96. The Kier molecular flexibility index (Phi) is 3.36. The van der Waals surface area contributed by atoms with Gasteiger partial charge < -0.3 is 0 Å². The predicted molar refractivity (Wildman–Crippen MR) is 67.3 cm³/mol. The molecule has 0 aliphatic carbocycles. The Labute approximate surface area is 104 Å². The standard InChI is InChI=1S/C12H11IN2/c1-12(2,3)9-4-8(6-14)10(7-15)11(13)5-9/h4-5H,1-3H3. The van der Waals surface area contributed by atoms with Gasteiger partial charge in [0.2, 0.25) is 0 Å². The topological polar surface area (TPSA) is 47.6 Å². The summed E-state index contributed by atoms with van der Waals surface area (Å²) in [5.74, 6) is 0. The quantitative estimate of drug-likeness (QED) is 0.690. The van der Waals surface area contributed by atoms with Crippen LogP contribution in [0.25, 0.3) is 0 Å². The summed E-state index contributed by atoms with van der Waals surface area (Å²) in [6.45, 7) is 6.27. The average Bonchev–Trinajstić information content (AvgIpc) is 2.15.